The molecule has 9 nitrogen and oxygen atoms in total. The molecule has 1 fully saturated rings. The summed E-state index contributed by atoms with van der Waals surface area (Å²) in [5.74, 6) is 1.76. The van der Waals surface area contributed by atoms with Gasteiger partial charge in [-0.15, -0.1) is 10.2 Å². The molecule has 0 aliphatic heterocycles. The highest BCUT2D eigenvalue weighted by atomic mass is 32.2. The first-order valence-electron chi connectivity index (χ1n) is 8.43. The number of imide groups is 1. The van der Waals surface area contributed by atoms with Crippen LogP contribution in [0.15, 0.2) is 29.4 Å². The molecule has 0 atom stereocenters. The van der Waals surface area contributed by atoms with Crippen LogP contribution >= 0.6 is 11.8 Å². The van der Waals surface area contributed by atoms with E-state index in [2.05, 4.69) is 20.8 Å². The van der Waals surface area contributed by atoms with Crippen molar-refractivity contribution in [3.63, 3.8) is 0 Å². The fourth-order valence-corrected chi connectivity index (χ4v) is 2.89. The van der Waals surface area contributed by atoms with Gasteiger partial charge in [-0.05, 0) is 37.1 Å². The van der Waals surface area contributed by atoms with E-state index in [-0.39, 0.29) is 24.3 Å². The van der Waals surface area contributed by atoms with Gasteiger partial charge in [0.05, 0.1) is 12.9 Å². The van der Waals surface area contributed by atoms with E-state index in [1.54, 1.807) is 18.7 Å². The highest BCUT2D eigenvalue weighted by Gasteiger charge is 2.24. The van der Waals surface area contributed by atoms with Crippen LogP contribution in [0.1, 0.15) is 18.7 Å². The van der Waals surface area contributed by atoms with Crippen LogP contribution in [0.2, 0.25) is 0 Å². The van der Waals surface area contributed by atoms with Crippen molar-refractivity contribution in [1.29, 1.82) is 0 Å². The number of ether oxygens (including phenoxy) is 2. The lowest BCUT2D eigenvalue weighted by molar-refractivity contribution is -0.117. The molecule has 2 N–H and O–H groups in total. The van der Waals surface area contributed by atoms with Crippen molar-refractivity contribution < 1.29 is 19.1 Å². The van der Waals surface area contributed by atoms with E-state index in [0.29, 0.717) is 16.7 Å². The lowest BCUT2D eigenvalue weighted by Gasteiger charge is -2.07. The number of aromatic nitrogens is 3. The number of hydrogen-bond donors (Lipinski definition) is 2. The van der Waals surface area contributed by atoms with E-state index in [4.69, 9.17) is 9.47 Å². The molecule has 1 aromatic carbocycles. The maximum absolute atomic E-state index is 11.8. The maximum Gasteiger partial charge on any atom is 0.321 e. The second-order valence-electron chi connectivity index (χ2n) is 6.01. The second kappa shape index (κ2) is 8.76. The zero-order chi connectivity index (χ0) is 19.2. The number of carbonyl (C=O) groups excluding carboxylic acids is 2. The van der Waals surface area contributed by atoms with Crippen LogP contribution < -0.4 is 20.1 Å². The normalized spacial score (nSPS) is 13.1. The Labute approximate surface area is 160 Å². The molecule has 0 spiro atoms. The summed E-state index contributed by atoms with van der Waals surface area (Å²) in [6.07, 6.45) is 1.94. The Morgan fingerprint density at radius 3 is 2.59 bits per heavy atom. The van der Waals surface area contributed by atoms with Crippen LogP contribution in [0.4, 0.5) is 4.79 Å². The number of methoxy groups -OCH3 is 1. The zero-order valence-corrected chi connectivity index (χ0v) is 15.9. The maximum atomic E-state index is 11.8. The highest BCUT2D eigenvalue weighted by Crippen LogP contribution is 2.20. The minimum atomic E-state index is -0.449. The molecule has 1 aliphatic carbocycles. The molecule has 2 aromatic rings. The monoisotopic (exact) mass is 391 g/mol. The van der Waals surface area contributed by atoms with Gasteiger partial charge in [0.15, 0.2) is 11.0 Å². The van der Waals surface area contributed by atoms with Gasteiger partial charge < -0.3 is 19.4 Å². The summed E-state index contributed by atoms with van der Waals surface area (Å²) in [4.78, 5) is 23.4. The SMILES string of the molecule is COc1ccc(OCc2nnc(SCC(=O)NC(=O)NC3CC3)n2C)cc1. The smallest absolute Gasteiger partial charge is 0.321 e. The van der Waals surface area contributed by atoms with Crippen LogP contribution in [0.5, 0.6) is 11.5 Å². The molecule has 0 unspecified atom stereocenters. The minimum absolute atomic E-state index is 0.0728. The van der Waals surface area contributed by atoms with Crippen molar-refractivity contribution in [1.82, 2.24) is 25.4 Å². The summed E-state index contributed by atoms with van der Waals surface area (Å²) >= 11 is 1.20. The zero-order valence-electron chi connectivity index (χ0n) is 15.1. The van der Waals surface area contributed by atoms with E-state index in [1.165, 1.54) is 11.8 Å². The van der Waals surface area contributed by atoms with Crippen molar-refractivity contribution in [2.45, 2.75) is 30.6 Å². The van der Waals surface area contributed by atoms with E-state index < -0.39 is 6.03 Å². The number of thioether (sulfide) groups is 1. The third kappa shape index (κ3) is 5.61. The lowest BCUT2D eigenvalue weighted by Crippen LogP contribution is -2.41. The number of nitrogens with zero attached hydrogens (tertiary/aromatic N) is 3. The molecule has 3 amide bonds. The average molecular weight is 391 g/mol. The third-order valence-electron chi connectivity index (χ3n) is 3.85. The molecule has 1 saturated carbocycles. The molecule has 0 bridgehead atoms. The van der Waals surface area contributed by atoms with Gasteiger partial charge in [0.1, 0.15) is 18.1 Å². The molecule has 0 radical (unpaired) electrons. The number of benzene rings is 1. The predicted molar refractivity (Wildman–Crippen MR) is 98.7 cm³/mol. The van der Waals surface area contributed by atoms with Crippen molar-refractivity contribution in [3.8, 4) is 11.5 Å². The Morgan fingerprint density at radius 1 is 1.22 bits per heavy atom. The Balaban J connectivity index is 1.45. The Kier molecular flexibility index (Phi) is 6.17. The predicted octanol–water partition coefficient (Wildman–Crippen LogP) is 1.48. The number of urea groups is 1. The number of rotatable bonds is 8. The van der Waals surface area contributed by atoms with E-state index in [9.17, 15) is 9.59 Å². The molecule has 1 aliphatic rings. The summed E-state index contributed by atoms with van der Waals surface area (Å²) < 4.78 is 12.5. The topological polar surface area (TPSA) is 107 Å². The summed E-state index contributed by atoms with van der Waals surface area (Å²) in [5.41, 5.74) is 0. The van der Waals surface area contributed by atoms with Gasteiger partial charge in [-0.1, -0.05) is 11.8 Å². The van der Waals surface area contributed by atoms with Crippen LogP contribution in [0.25, 0.3) is 0 Å². The van der Waals surface area contributed by atoms with Gasteiger partial charge in [-0.25, -0.2) is 4.79 Å². The third-order valence-corrected chi connectivity index (χ3v) is 4.87. The fraction of sp³-hybridized carbons (Fsp3) is 0.412. The molecule has 144 valence electrons. The van der Waals surface area contributed by atoms with Gasteiger partial charge in [-0.3, -0.25) is 10.1 Å². The fourth-order valence-electron chi connectivity index (χ4n) is 2.16. The molecule has 1 heterocycles. The number of nitrogens with one attached hydrogen (secondary N) is 2. The first kappa shape index (κ1) is 19.0. The summed E-state index contributed by atoms with van der Waals surface area (Å²) in [5, 5.41) is 13.7. The molecule has 3 rings (SSSR count). The number of carbonyl (C=O) groups is 2. The Hall–Kier alpha value is -2.75. The van der Waals surface area contributed by atoms with Crippen LogP contribution in [-0.4, -0.2) is 45.6 Å². The van der Waals surface area contributed by atoms with E-state index in [1.807, 2.05) is 24.3 Å². The standard InChI is InChI=1S/C17H21N5O4S/c1-22-14(9-26-13-7-5-12(25-2)6-8-13)20-21-17(22)27-10-15(23)19-16(24)18-11-3-4-11/h5-8,11H,3-4,9-10H2,1-2H3,(H2,18,19,23,24). The quantitative estimate of drug-likeness (QED) is 0.656. The van der Waals surface area contributed by atoms with Crippen molar-refractivity contribution in [3.05, 3.63) is 30.1 Å². The largest absolute Gasteiger partial charge is 0.497 e. The van der Waals surface area contributed by atoms with E-state index >= 15 is 0 Å². The van der Waals surface area contributed by atoms with Crippen molar-refractivity contribution in [2.24, 2.45) is 7.05 Å². The molecule has 10 heteroatoms. The van der Waals surface area contributed by atoms with Gasteiger partial charge in [0.2, 0.25) is 5.91 Å². The first-order valence-corrected chi connectivity index (χ1v) is 9.42. The van der Waals surface area contributed by atoms with Gasteiger partial charge in [0, 0.05) is 13.1 Å². The molecular weight excluding hydrogens is 370 g/mol. The highest BCUT2D eigenvalue weighted by molar-refractivity contribution is 7.99. The molecular formula is C17H21N5O4S. The first-order chi connectivity index (χ1) is 13.0. The summed E-state index contributed by atoms with van der Waals surface area (Å²) in [6.45, 7) is 0.242. The van der Waals surface area contributed by atoms with Crippen LogP contribution in [0, 0.1) is 0 Å². The molecule has 0 saturated heterocycles. The summed E-state index contributed by atoms with van der Waals surface area (Å²) in [7, 11) is 3.40. The average Bonchev–Trinajstić information content (AvgIpc) is 3.40. The van der Waals surface area contributed by atoms with Gasteiger partial charge in [0.25, 0.3) is 0 Å². The van der Waals surface area contributed by atoms with Gasteiger partial charge >= 0.3 is 6.03 Å². The van der Waals surface area contributed by atoms with Crippen molar-refractivity contribution >= 4 is 23.7 Å². The lowest BCUT2D eigenvalue weighted by atomic mass is 10.3. The number of amides is 3. The second-order valence-corrected chi connectivity index (χ2v) is 6.95. The molecule has 27 heavy (non-hydrogen) atoms. The van der Waals surface area contributed by atoms with Crippen molar-refractivity contribution in [2.75, 3.05) is 12.9 Å². The number of hydrogen-bond acceptors (Lipinski definition) is 7. The van der Waals surface area contributed by atoms with Crippen LogP contribution in [-0.2, 0) is 18.4 Å². The van der Waals surface area contributed by atoms with Gasteiger partial charge in [-0.2, -0.15) is 0 Å². The Bertz CT molecular complexity index is 804. The molecule has 1 aromatic heterocycles. The Morgan fingerprint density at radius 2 is 1.93 bits per heavy atom. The van der Waals surface area contributed by atoms with E-state index in [0.717, 1.165) is 18.6 Å². The van der Waals surface area contributed by atoms with Crippen LogP contribution in [0.3, 0.4) is 0 Å². The summed E-state index contributed by atoms with van der Waals surface area (Å²) in [6, 6.07) is 6.99. The minimum Gasteiger partial charge on any atom is -0.497 e.